The van der Waals surface area contributed by atoms with E-state index in [9.17, 15) is 36.2 Å². The second kappa shape index (κ2) is 6.98. The van der Waals surface area contributed by atoms with Gasteiger partial charge >= 0.3 is 18.3 Å². The Labute approximate surface area is 145 Å². The lowest BCUT2D eigenvalue weighted by Crippen LogP contribution is -2.54. The molecule has 2 rings (SSSR count). The van der Waals surface area contributed by atoms with Crippen LogP contribution in [-0.4, -0.2) is 30.0 Å². The molecule has 146 valence electrons. The van der Waals surface area contributed by atoms with E-state index >= 15 is 0 Å². The molecule has 0 aliphatic carbocycles. The van der Waals surface area contributed by atoms with Crippen LogP contribution in [0.15, 0.2) is 18.2 Å². The zero-order valence-electron chi connectivity index (χ0n) is 13.7. The fraction of sp³-hybridized carbons (Fsp3) is 0.562. The van der Waals surface area contributed by atoms with Crippen molar-refractivity contribution in [2.75, 3.05) is 11.6 Å². The number of aryl methyl sites for hydroxylation is 1. The highest BCUT2D eigenvalue weighted by molar-refractivity contribution is 5.71. The average molecular weight is 385 g/mol. The van der Waals surface area contributed by atoms with Crippen molar-refractivity contribution in [2.45, 2.75) is 50.6 Å². The Bertz CT molecular complexity index is 657. The summed E-state index contributed by atoms with van der Waals surface area (Å²) in [4.78, 5) is 16.7. The molecule has 26 heavy (non-hydrogen) atoms. The number of benzene rings is 1. The van der Waals surface area contributed by atoms with Gasteiger partial charge in [-0.25, -0.2) is 9.86 Å². The number of halogens is 6. The van der Waals surface area contributed by atoms with Crippen LogP contribution in [0.4, 0.5) is 32.0 Å². The SMILES string of the molecule is CCCC(=O)ON1CCCc2cc(C(O)(C(F)(F)F)C(F)(F)F)ccc21. The Morgan fingerprint density at radius 2 is 1.81 bits per heavy atom. The van der Waals surface area contributed by atoms with Crippen molar-refractivity contribution in [3.63, 3.8) is 0 Å². The molecule has 0 radical (unpaired) electrons. The first-order valence-corrected chi connectivity index (χ1v) is 7.89. The Morgan fingerprint density at radius 1 is 1.19 bits per heavy atom. The smallest absolute Gasteiger partial charge is 0.369 e. The molecule has 1 aromatic rings. The number of carbonyl (C=O) groups is 1. The molecule has 1 aliphatic heterocycles. The van der Waals surface area contributed by atoms with Crippen LogP contribution in [-0.2, 0) is 21.7 Å². The molecule has 1 N–H and O–H groups in total. The summed E-state index contributed by atoms with van der Waals surface area (Å²) < 4.78 is 78.0. The van der Waals surface area contributed by atoms with Gasteiger partial charge in [-0.1, -0.05) is 19.1 Å². The van der Waals surface area contributed by atoms with Gasteiger partial charge in [0.15, 0.2) is 0 Å². The van der Waals surface area contributed by atoms with Crippen LogP contribution < -0.4 is 5.06 Å². The van der Waals surface area contributed by atoms with Crippen LogP contribution >= 0.6 is 0 Å². The highest BCUT2D eigenvalue weighted by Crippen LogP contribution is 2.50. The molecule has 0 unspecified atom stereocenters. The van der Waals surface area contributed by atoms with Crippen molar-refractivity contribution >= 4 is 11.7 Å². The van der Waals surface area contributed by atoms with Crippen LogP contribution in [0.2, 0.25) is 0 Å². The van der Waals surface area contributed by atoms with Gasteiger partial charge < -0.3 is 9.94 Å². The van der Waals surface area contributed by atoms with Crippen LogP contribution in [0, 0.1) is 0 Å². The van der Waals surface area contributed by atoms with Gasteiger partial charge in [-0.2, -0.15) is 26.3 Å². The van der Waals surface area contributed by atoms with Crippen molar-refractivity contribution in [3.05, 3.63) is 29.3 Å². The predicted octanol–water partition coefficient (Wildman–Crippen LogP) is 4.01. The minimum absolute atomic E-state index is 0.130. The van der Waals surface area contributed by atoms with Crippen molar-refractivity contribution in [2.24, 2.45) is 0 Å². The largest absolute Gasteiger partial charge is 0.430 e. The van der Waals surface area contributed by atoms with E-state index in [0.717, 1.165) is 11.1 Å². The number of alkyl halides is 6. The van der Waals surface area contributed by atoms with Crippen LogP contribution in [0.25, 0.3) is 0 Å². The summed E-state index contributed by atoms with van der Waals surface area (Å²) in [6, 6.07) is 2.20. The van der Waals surface area contributed by atoms with Crippen molar-refractivity contribution < 1.29 is 41.1 Å². The maximum Gasteiger partial charge on any atom is 0.430 e. The molecule has 0 atom stereocenters. The second-order valence-corrected chi connectivity index (χ2v) is 5.97. The van der Waals surface area contributed by atoms with E-state index in [1.165, 1.54) is 0 Å². The van der Waals surface area contributed by atoms with E-state index in [1.807, 2.05) is 0 Å². The number of rotatable bonds is 4. The summed E-state index contributed by atoms with van der Waals surface area (Å²) in [6.45, 7) is 2.03. The fourth-order valence-electron chi connectivity index (χ4n) is 2.74. The highest BCUT2D eigenvalue weighted by Gasteiger charge is 2.71. The lowest BCUT2D eigenvalue weighted by atomic mass is 9.89. The average Bonchev–Trinajstić information content (AvgIpc) is 2.52. The van der Waals surface area contributed by atoms with Gasteiger partial charge in [-0.15, -0.1) is 0 Å². The van der Waals surface area contributed by atoms with E-state index in [1.54, 1.807) is 6.92 Å². The number of aliphatic hydroxyl groups is 1. The molecule has 0 aromatic heterocycles. The first kappa shape index (κ1) is 20.3. The van der Waals surface area contributed by atoms with Crippen molar-refractivity contribution in [1.82, 2.24) is 0 Å². The Morgan fingerprint density at radius 3 is 2.35 bits per heavy atom. The molecular formula is C16H17F6NO3. The predicted molar refractivity (Wildman–Crippen MR) is 79.1 cm³/mol. The van der Waals surface area contributed by atoms with Crippen LogP contribution in [0.5, 0.6) is 0 Å². The van der Waals surface area contributed by atoms with E-state index in [-0.39, 0.29) is 30.6 Å². The summed E-state index contributed by atoms with van der Waals surface area (Å²) in [5, 5.41) is 10.6. The number of hydrogen-bond donors (Lipinski definition) is 1. The standard InChI is InChI=1S/C16H17F6NO3/c1-2-4-13(24)26-23-8-3-5-10-9-11(6-7-12(10)23)14(25,15(17,18)19)16(20,21)22/h6-7,9,25H,2-5,8H2,1H3. The second-order valence-electron chi connectivity index (χ2n) is 5.97. The van der Waals surface area contributed by atoms with E-state index in [0.29, 0.717) is 25.0 Å². The van der Waals surface area contributed by atoms with Gasteiger partial charge in [0, 0.05) is 12.0 Å². The number of carbonyl (C=O) groups excluding carboxylic acids is 1. The summed E-state index contributed by atoms with van der Waals surface area (Å²) in [5.41, 5.74) is -5.96. The zero-order valence-corrected chi connectivity index (χ0v) is 13.7. The fourth-order valence-corrected chi connectivity index (χ4v) is 2.74. The minimum Gasteiger partial charge on any atom is -0.369 e. The van der Waals surface area contributed by atoms with E-state index in [2.05, 4.69) is 0 Å². The van der Waals surface area contributed by atoms with Gasteiger partial charge in [0.2, 0.25) is 0 Å². The maximum absolute atomic E-state index is 13.0. The lowest BCUT2D eigenvalue weighted by Gasteiger charge is -2.34. The number of hydrogen-bond acceptors (Lipinski definition) is 4. The quantitative estimate of drug-likeness (QED) is 0.796. The van der Waals surface area contributed by atoms with E-state index in [4.69, 9.17) is 4.84 Å². The normalized spacial score (nSPS) is 15.6. The van der Waals surface area contributed by atoms with Crippen LogP contribution in [0.1, 0.15) is 37.3 Å². The highest BCUT2D eigenvalue weighted by atomic mass is 19.4. The zero-order chi connectivity index (χ0) is 19.8. The molecule has 0 amide bonds. The van der Waals surface area contributed by atoms with Gasteiger partial charge in [0.05, 0.1) is 12.2 Å². The Kier molecular flexibility index (Phi) is 5.46. The molecule has 1 aliphatic rings. The third-order valence-corrected chi connectivity index (χ3v) is 4.06. The summed E-state index contributed by atoms with van der Waals surface area (Å²) in [6.07, 6.45) is -10.7. The van der Waals surface area contributed by atoms with Crippen molar-refractivity contribution in [1.29, 1.82) is 0 Å². The van der Waals surface area contributed by atoms with Gasteiger partial charge in [-0.3, -0.25) is 0 Å². The molecule has 4 nitrogen and oxygen atoms in total. The maximum atomic E-state index is 13.0. The van der Waals surface area contributed by atoms with Gasteiger partial charge in [0.1, 0.15) is 0 Å². The molecule has 0 bridgehead atoms. The summed E-state index contributed by atoms with van der Waals surface area (Å²) >= 11 is 0. The first-order valence-electron chi connectivity index (χ1n) is 7.89. The topological polar surface area (TPSA) is 49.8 Å². The lowest BCUT2D eigenvalue weighted by molar-refractivity contribution is -0.376. The van der Waals surface area contributed by atoms with Crippen LogP contribution in [0.3, 0.4) is 0 Å². The number of nitrogens with zero attached hydrogens (tertiary/aromatic N) is 1. The molecule has 0 saturated heterocycles. The molecule has 0 saturated carbocycles. The Hall–Kier alpha value is -1.97. The molecule has 1 heterocycles. The summed E-state index contributed by atoms with van der Waals surface area (Å²) in [5.74, 6) is -0.550. The van der Waals surface area contributed by atoms with Gasteiger partial charge in [0.25, 0.3) is 5.60 Å². The van der Waals surface area contributed by atoms with E-state index < -0.39 is 29.5 Å². The molecule has 0 fully saturated rings. The summed E-state index contributed by atoms with van der Waals surface area (Å²) in [7, 11) is 0. The molecule has 1 aromatic carbocycles. The number of hydroxylamine groups is 1. The first-order chi connectivity index (χ1) is 11.9. The van der Waals surface area contributed by atoms with Crippen molar-refractivity contribution in [3.8, 4) is 0 Å². The molecule has 10 heteroatoms. The third kappa shape index (κ3) is 3.60. The number of anilines is 1. The van der Waals surface area contributed by atoms with Gasteiger partial charge in [-0.05, 0) is 30.9 Å². The molecule has 0 spiro atoms. The Balaban J connectivity index is 2.43. The molecular weight excluding hydrogens is 368 g/mol. The minimum atomic E-state index is -5.94. The monoisotopic (exact) mass is 385 g/mol. The number of fused-ring (bicyclic) bond motifs is 1. The third-order valence-electron chi connectivity index (χ3n) is 4.06.